The maximum Gasteiger partial charge on any atom is 0.227 e. The van der Waals surface area contributed by atoms with E-state index in [0.717, 1.165) is 17.0 Å². The Kier molecular flexibility index (Phi) is 6.34. The number of nitrogens with zero attached hydrogens (tertiary/aromatic N) is 1. The first-order valence-corrected chi connectivity index (χ1v) is 9.83. The van der Waals surface area contributed by atoms with Crippen molar-refractivity contribution >= 4 is 17.5 Å². The zero-order chi connectivity index (χ0) is 20.1. The molecule has 28 heavy (non-hydrogen) atoms. The Morgan fingerprint density at radius 1 is 1.18 bits per heavy atom. The fraction of sp³-hybridized carbons (Fsp3) is 0.391. The van der Waals surface area contributed by atoms with Gasteiger partial charge in [0.15, 0.2) is 0 Å². The van der Waals surface area contributed by atoms with Crippen LogP contribution >= 0.6 is 0 Å². The van der Waals surface area contributed by atoms with E-state index in [4.69, 9.17) is 4.74 Å². The number of fused-ring (bicyclic) bond motifs is 1. The lowest BCUT2D eigenvalue weighted by Gasteiger charge is -2.33. The number of rotatable bonds is 6. The van der Waals surface area contributed by atoms with Crippen LogP contribution in [0.2, 0.25) is 0 Å². The summed E-state index contributed by atoms with van der Waals surface area (Å²) in [5, 5.41) is 2.94. The lowest BCUT2D eigenvalue weighted by atomic mass is 10.0. The van der Waals surface area contributed by atoms with Crippen molar-refractivity contribution in [2.24, 2.45) is 0 Å². The molecule has 1 N–H and O–H groups in total. The second kappa shape index (κ2) is 8.91. The second-order valence-electron chi connectivity index (χ2n) is 7.52. The van der Waals surface area contributed by atoms with Gasteiger partial charge >= 0.3 is 0 Å². The fourth-order valence-corrected chi connectivity index (χ4v) is 3.39. The molecule has 5 nitrogen and oxygen atoms in total. The summed E-state index contributed by atoms with van der Waals surface area (Å²) in [5.74, 6) is 0.810. The minimum Gasteiger partial charge on any atom is -0.487 e. The van der Waals surface area contributed by atoms with Gasteiger partial charge in [-0.1, -0.05) is 43.3 Å². The minimum atomic E-state index is -0.0955. The molecule has 0 bridgehead atoms. The third-order valence-electron chi connectivity index (χ3n) is 5.01. The summed E-state index contributed by atoms with van der Waals surface area (Å²) in [6.07, 6.45) is 0.304. The van der Waals surface area contributed by atoms with E-state index < -0.39 is 0 Å². The molecule has 0 saturated heterocycles. The highest BCUT2D eigenvalue weighted by Gasteiger charge is 2.27. The molecule has 1 aliphatic heterocycles. The van der Waals surface area contributed by atoms with Crippen molar-refractivity contribution in [3.05, 3.63) is 59.7 Å². The van der Waals surface area contributed by atoms with Crippen LogP contribution in [0.1, 0.15) is 43.7 Å². The number of carbonyl (C=O) groups excluding carboxylic acids is 2. The average molecular weight is 380 g/mol. The van der Waals surface area contributed by atoms with Crippen molar-refractivity contribution in [2.75, 3.05) is 18.0 Å². The van der Waals surface area contributed by atoms with Gasteiger partial charge in [-0.05, 0) is 43.0 Å². The molecule has 3 rings (SSSR count). The second-order valence-corrected chi connectivity index (χ2v) is 7.52. The van der Waals surface area contributed by atoms with E-state index in [1.54, 1.807) is 4.90 Å². The number of nitrogens with one attached hydrogen (secondary N) is 1. The predicted molar refractivity (Wildman–Crippen MR) is 111 cm³/mol. The highest BCUT2D eigenvalue weighted by Crippen LogP contribution is 2.34. The molecule has 1 heterocycles. The highest BCUT2D eigenvalue weighted by atomic mass is 16.5. The topological polar surface area (TPSA) is 58.6 Å². The summed E-state index contributed by atoms with van der Waals surface area (Å²) in [6.45, 7) is 7.08. The zero-order valence-corrected chi connectivity index (χ0v) is 16.8. The van der Waals surface area contributed by atoms with Crippen molar-refractivity contribution in [3.8, 4) is 5.75 Å². The van der Waals surface area contributed by atoms with Gasteiger partial charge in [0.05, 0.1) is 12.2 Å². The first-order valence-electron chi connectivity index (χ1n) is 9.83. The van der Waals surface area contributed by atoms with Crippen LogP contribution in [0.3, 0.4) is 0 Å². The number of aryl methyl sites for hydroxylation is 1. The van der Waals surface area contributed by atoms with Gasteiger partial charge in [0.2, 0.25) is 11.8 Å². The minimum absolute atomic E-state index is 0.0479. The van der Waals surface area contributed by atoms with Gasteiger partial charge in [-0.3, -0.25) is 9.59 Å². The molecule has 0 aromatic heterocycles. The Morgan fingerprint density at radius 3 is 2.68 bits per heavy atom. The van der Waals surface area contributed by atoms with Crippen molar-refractivity contribution in [1.29, 1.82) is 0 Å². The Bertz CT molecular complexity index is 835. The Hall–Kier alpha value is -2.82. The van der Waals surface area contributed by atoms with Gasteiger partial charge in [0.1, 0.15) is 11.9 Å². The molecule has 0 radical (unpaired) electrons. The van der Waals surface area contributed by atoms with Gasteiger partial charge < -0.3 is 15.0 Å². The van der Waals surface area contributed by atoms with Crippen LogP contribution in [-0.4, -0.2) is 31.0 Å². The summed E-state index contributed by atoms with van der Waals surface area (Å²) in [4.78, 5) is 26.7. The average Bonchev–Trinajstić information content (AvgIpc) is 2.70. The van der Waals surface area contributed by atoms with Crippen LogP contribution in [0.25, 0.3) is 0 Å². The lowest BCUT2D eigenvalue weighted by Crippen LogP contribution is -2.42. The predicted octanol–water partition coefficient (Wildman–Crippen LogP) is 3.81. The third kappa shape index (κ3) is 4.91. The number of hydrogen-bond acceptors (Lipinski definition) is 3. The van der Waals surface area contributed by atoms with Gasteiger partial charge in [-0.15, -0.1) is 0 Å². The summed E-state index contributed by atoms with van der Waals surface area (Å²) in [7, 11) is 0. The van der Waals surface area contributed by atoms with Gasteiger partial charge in [-0.25, -0.2) is 0 Å². The number of ether oxygens (including phenoxy) is 1. The molecule has 0 saturated carbocycles. The van der Waals surface area contributed by atoms with E-state index in [9.17, 15) is 9.59 Å². The van der Waals surface area contributed by atoms with Gasteiger partial charge in [0, 0.05) is 19.4 Å². The van der Waals surface area contributed by atoms with Crippen LogP contribution < -0.4 is 15.0 Å². The SMILES string of the molecule is Cc1ccc2c(c1)N(C(=O)CCC(=O)NCC(C)c1ccccc1)CC(C)O2. The van der Waals surface area contributed by atoms with Crippen LogP contribution in [0.5, 0.6) is 5.75 Å². The van der Waals surface area contributed by atoms with E-state index in [2.05, 4.69) is 24.4 Å². The maximum absolute atomic E-state index is 12.8. The first kappa shape index (κ1) is 19.9. The maximum atomic E-state index is 12.8. The van der Waals surface area contributed by atoms with E-state index in [1.165, 1.54) is 5.56 Å². The quantitative estimate of drug-likeness (QED) is 0.829. The van der Waals surface area contributed by atoms with E-state index in [0.29, 0.717) is 13.1 Å². The zero-order valence-electron chi connectivity index (χ0n) is 16.8. The van der Waals surface area contributed by atoms with Crippen molar-refractivity contribution in [3.63, 3.8) is 0 Å². The van der Waals surface area contributed by atoms with Crippen LogP contribution in [0.4, 0.5) is 5.69 Å². The van der Waals surface area contributed by atoms with E-state index >= 15 is 0 Å². The fourth-order valence-electron chi connectivity index (χ4n) is 3.39. The highest BCUT2D eigenvalue weighted by molar-refractivity contribution is 5.97. The smallest absolute Gasteiger partial charge is 0.227 e. The normalized spacial score (nSPS) is 16.7. The van der Waals surface area contributed by atoms with E-state index in [-0.39, 0.29) is 36.7 Å². The summed E-state index contributed by atoms with van der Waals surface area (Å²) in [6, 6.07) is 15.9. The molecule has 0 spiro atoms. The number of benzene rings is 2. The van der Waals surface area contributed by atoms with Crippen molar-refractivity contribution < 1.29 is 14.3 Å². The summed E-state index contributed by atoms with van der Waals surface area (Å²) < 4.78 is 5.83. The van der Waals surface area contributed by atoms with E-state index in [1.807, 2.05) is 50.2 Å². The third-order valence-corrected chi connectivity index (χ3v) is 5.01. The standard InChI is InChI=1S/C23H28N2O3/c1-16-9-10-21-20(13-16)25(15-18(3)28-21)23(27)12-11-22(26)24-14-17(2)19-7-5-4-6-8-19/h4-10,13,17-18H,11-12,14-15H2,1-3H3,(H,24,26). The largest absolute Gasteiger partial charge is 0.487 e. The molecular formula is C23H28N2O3. The molecule has 1 aliphatic rings. The molecule has 5 heteroatoms. The molecule has 2 amide bonds. The summed E-state index contributed by atoms with van der Waals surface area (Å²) >= 11 is 0. The number of hydrogen-bond donors (Lipinski definition) is 1. The van der Waals surface area contributed by atoms with Crippen molar-refractivity contribution in [2.45, 2.75) is 45.6 Å². The molecule has 148 valence electrons. The number of amides is 2. The van der Waals surface area contributed by atoms with Crippen LogP contribution in [0, 0.1) is 6.92 Å². The molecule has 2 aromatic rings. The molecule has 0 aliphatic carbocycles. The van der Waals surface area contributed by atoms with Crippen LogP contribution in [-0.2, 0) is 9.59 Å². The molecule has 2 aromatic carbocycles. The Labute approximate surface area is 166 Å². The summed E-state index contributed by atoms with van der Waals surface area (Å²) in [5.41, 5.74) is 3.05. The van der Waals surface area contributed by atoms with Crippen molar-refractivity contribution in [1.82, 2.24) is 5.32 Å². The lowest BCUT2D eigenvalue weighted by molar-refractivity contribution is -0.125. The number of anilines is 1. The molecule has 2 atom stereocenters. The number of carbonyl (C=O) groups is 2. The monoisotopic (exact) mass is 380 g/mol. The molecule has 0 fully saturated rings. The van der Waals surface area contributed by atoms with Gasteiger partial charge in [0.25, 0.3) is 0 Å². The molecule has 2 unspecified atom stereocenters. The first-order chi connectivity index (χ1) is 13.4. The van der Waals surface area contributed by atoms with Crippen LogP contribution in [0.15, 0.2) is 48.5 Å². The Balaban J connectivity index is 1.53. The molecular weight excluding hydrogens is 352 g/mol. The van der Waals surface area contributed by atoms with Gasteiger partial charge in [-0.2, -0.15) is 0 Å². The Morgan fingerprint density at radius 2 is 1.93 bits per heavy atom.